The minimum Gasteiger partial charge on any atom is -0.482 e. The van der Waals surface area contributed by atoms with E-state index >= 15 is 0 Å². The van der Waals surface area contributed by atoms with Crippen molar-refractivity contribution in [3.63, 3.8) is 0 Å². The molecule has 500 valence electrons. The second-order valence-corrected chi connectivity index (χ2v) is 27.7. The third kappa shape index (κ3) is 30.2. The molecule has 2 heterocycles. The number of hydrogen-bond acceptors (Lipinski definition) is 9. The molecule has 0 unspecified atom stereocenters. The van der Waals surface area contributed by atoms with Crippen LogP contribution in [-0.2, 0) is 15.9 Å². The maximum Gasteiger partial charge on any atom is 0.279 e. The number of anilines is 1. The zero-order valence-electron chi connectivity index (χ0n) is 56.2. The van der Waals surface area contributed by atoms with Gasteiger partial charge in [-0.15, -0.1) is 12.4 Å². The smallest absolute Gasteiger partial charge is 0.279 e. The number of rotatable bonds is 12. The van der Waals surface area contributed by atoms with Crippen LogP contribution in [0.2, 0.25) is 0 Å². The third-order valence-corrected chi connectivity index (χ3v) is 15.1. The van der Waals surface area contributed by atoms with Crippen LogP contribution in [0, 0.1) is 81.6 Å². The van der Waals surface area contributed by atoms with Gasteiger partial charge in [0, 0.05) is 49.6 Å². The Balaban J connectivity index is 0.000000394. The number of unbranched alkanes of at least 4 members (excludes halogenated alkanes) is 3. The normalized spacial score (nSPS) is 10.5. The molecule has 12 nitrogen and oxygen atoms in total. The summed E-state index contributed by atoms with van der Waals surface area (Å²) in [4.78, 5) is 24.5. The van der Waals surface area contributed by atoms with Gasteiger partial charge in [-0.3, -0.25) is 10.2 Å². The van der Waals surface area contributed by atoms with Crippen LogP contribution in [0.5, 0.6) is 0 Å². The molecule has 0 saturated carbocycles. The molecular formula is C73H89Br3Cl5N9O3. The lowest BCUT2D eigenvalue weighted by Crippen LogP contribution is -2.05. The molecular weight excluding hydrogens is 1470 g/mol. The fourth-order valence-corrected chi connectivity index (χ4v) is 11.4. The van der Waals surface area contributed by atoms with Crippen LogP contribution in [0.3, 0.4) is 0 Å². The molecule has 0 aliphatic carbocycles. The van der Waals surface area contributed by atoms with Crippen LogP contribution in [0.25, 0.3) is 34.2 Å². The fourth-order valence-electron chi connectivity index (χ4n) is 9.36. The Kier molecular flexibility index (Phi) is 38.1. The molecule has 0 bridgehead atoms. The number of aromatic nitrogens is 6. The number of nitrogens with two attached hydrogens (primary N) is 1. The highest BCUT2D eigenvalue weighted by atomic mass is 79.9. The number of aryl methyl sites for hydroxylation is 11. The highest BCUT2D eigenvalue weighted by Crippen LogP contribution is 2.31. The van der Waals surface area contributed by atoms with E-state index in [0.29, 0.717) is 24.7 Å². The standard InChI is InChI=1S/C23H29N3.C17H16BrN3.C11H13NO2.C9H11Br.C8H10BrN.C4H9NO.CCl4.ClH/c1-5-6-7-9-12-20-15-17(2)22(18(3)16-20)26-23(24-19(4)25-26)21-13-10-8-11-14-21;1-11-9-15(18)10-12(2)16(11)21-17(19-13(3)20-21)14-7-5-4-6-8-14;1-3-14-9(2)12-11(13)10-7-5-4-6-8-10;1-6-4-9(10)5-7(2)8(6)3;1-5-3-7(9)4-6(2)8(5)10;1-3-6-4(2)5;2-1(3,4)5;/h8,10-11,13-16H,5-7,9,12H2,1-4H3;4-10H,1-3H3;4-8H,3H2,1-2H3;4-5H,1-3H3;3-4H,10H2,1-2H3;5H,3H2,1-2H3;;1H. The van der Waals surface area contributed by atoms with Gasteiger partial charge in [-0.25, -0.2) is 19.3 Å². The zero-order valence-corrected chi connectivity index (χ0v) is 64.8. The Hall–Kier alpha value is -5.88. The van der Waals surface area contributed by atoms with Gasteiger partial charge in [0.2, 0.25) is 0 Å². The van der Waals surface area contributed by atoms with Crippen LogP contribution in [0.4, 0.5) is 5.69 Å². The molecule has 0 radical (unpaired) electrons. The maximum absolute atomic E-state index is 11.5. The first-order valence-corrected chi connectivity index (χ1v) is 34.1. The summed E-state index contributed by atoms with van der Waals surface area (Å²) >= 11 is 29.7. The number of halogens is 8. The van der Waals surface area contributed by atoms with Crippen molar-refractivity contribution in [1.82, 2.24) is 29.5 Å². The van der Waals surface area contributed by atoms with E-state index in [1.165, 1.54) is 74.7 Å². The number of carbonyl (C=O) groups is 1. The Morgan fingerprint density at radius 1 is 0.538 bits per heavy atom. The highest BCUT2D eigenvalue weighted by molar-refractivity contribution is 9.11. The number of alkyl halides is 4. The zero-order chi connectivity index (χ0) is 68.8. The minimum absolute atomic E-state index is 0. The molecule has 0 aliphatic heterocycles. The van der Waals surface area contributed by atoms with Gasteiger partial charge >= 0.3 is 0 Å². The molecule has 0 aliphatic rings. The van der Waals surface area contributed by atoms with E-state index in [0.717, 1.165) is 78.0 Å². The number of nitrogens with zero attached hydrogens (tertiary/aromatic N) is 7. The lowest BCUT2D eigenvalue weighted by Gasteiger charge is -2.14. The fraction of sp³-hybridized carbons (Fsp3) is 0.329. The van der Waals surface area contributed by atoms with E-state index in [1.54, 1.807) is 38.1 Å². The van der Waals surface area contributed by atoms with Crippen molar-refractivity contribution in [3.05, 3.63) is 226 Å². The first kappa shape index (κ1) is 83.2. The minimum atomic E-state index is -1.61. The summed E-state index contributed by atoms with van der Waals surface area (Å²) in [5.41, 5.74) is 24.3. The lowest BCUT2D eigenvalue weighted by atomic mass is 9.99. The van der Waals surface area contributed by atoms with Crippen molar-refractivity contribution < 1.29 is 14.3 Å². The number of ether oxygens (including phenoxy) is 2. The number of carbonyl (C=O) groups excluding carboxylic acids is 1. The van der Waals surface area contributed by atoms with E-state index in [4.69, 9.17) is 67.4 Å². The summed E-state index contributed by atoms with van der Waals surface area (Å²) in [6.07, 6.45) is 6.35. The van der Waals surface area contributed by atoms with Crippen molar-refractivity contribution in [1.29, 1.82) is 5.41 Å². The second-order valence-electron chi connectivity index (χ2n) is 21.6. The molecule has 9 aromatic rings. The Bertz CT molecular complexity index is 3650. The van der Waals surface area contributed by atoms with Gasteiger partial charge in [0.15, 0.2) is 23.4 Å². The number of hydrogen-bond donors (Lipinski definition) is 2. The number of nitrogen functional groups attached to an aromatic ring is 1. The molecule has 9 rings (SSSR count). The van der Waals surface area contributed by atoms with Crippen LogP contribution >= 0.6 is 107 Å². The maximum atomic E-state index is 11.5. The van der Waals surface area contributed by atoms with Gasteiger partial charge < -0.3 is 15.2 Å². The predicted molar refractivity (Wildman–Crippen MR) is 408 cm³/mol. The van der Waals surface area contributed by atoms with Gasteiger partial charge in [0.05, 0.1) is 24.6 Å². The van der Waals surface area contributed by atoms with Crippen LogP contribution in [-0.4, -0.2) is 63.7 Å². The molecule has 0 saturated heterocycles. The van der Waals surface area contributed by atoms with Crippen molar-refractivity contribution in [2.24, 2.45) is 4.99 Å². The average Bonchev–Trinajstić information content (AvgIpc) is 1.71. The van der Waals surface area contributed by atoms with Gasteiger partial charge in [-0.2, -0.15) is 15.2 Å². The number of benzene rings is 7. The quantitative estimate of drug-likeness (QED) is 0.0402. The Labute approximate surface area is 604 Å². The Morgan fingerprint density at radius 3 is 1.25 bits per heavy atom. The monoisotopic (exact) mass is 1550 g/mol. The summed E-state index contributed by atoms with van der Waals surface area (Å²) in [6.45, 7) is 33.3. The summed E-state index contributed by atoms with van der Waals surface area (Å²) < 4.78 is 15.4. The van der Waals surface area contributed by atoms with E-state index in [-0.39, 0.29) is 24.2 Å². The molecule has 0 fully saturated rings. The summed E-state index contributed by atoms with van der Waals surface area (Å²) in [6, 6.07) is 46.5. The summed E-state index contributed by atoms with van der Waals surface area (Å²) in [5.74, 6) is 3.78. The number of amides is 1. The molecule has 0 spiro atoms. The highest BCUT2D eigenvalue weighted by Gasteiger charge is 2.18. The number of nitrogens with one attached hydrogen (secondary N) is 1. The SMILES string of the molecule is CCCCCCc1cc(C)c(-n2nc(C)nc2-c2ccccc2)c(C)c1.CCOC(C)=N.CCOC(C)=NC(=O)c1ccccc1.Cc1cc(Br)cc(C)c1C.Cc1cc(Br)cc(C)c1N.Cc1nc(-c2ccccc2)n(-c2c(C)cc(Br)cc2C)n1.Cl.ClC(Cl)(Cl)Cl. The van der Waals surface area contributed by atoms with Crippen LogP contribution in [0.1, 0.15) is 138 Å². The molecule has 2 aromatic heterocycles. The van der Waals surface area contributed by atoms with Crippen molar-refractivity contribution in [3.8, 4) is 34.2 Å². The van der Waals surface area contributed by atoms with Gasteiger partial charge in [0.25, 0.3) is 9.16 Å². The van der Waals surface area contributed by atoms with E-state index in [1.807, 2.05) is 106 Å². The van der Waals surface area contributed by atoms with Gasteiger partial charge in [0.1, 0.15) is 11.6 Å². The number of aliphatic imine (C=N–C) groups is 1. The molecule has 93 heavy (non-hydrogen) atoms. The van der Waals surface area contributed by atoms with Crippen LogP contribution in [0.15, 0.2) is 158 Å². The largest absolute Gasteiger partial charge is 0.482 e. The molecule has 7 aromatic carbocycles. The van der Waals surface area contributed by atoms with Crippen LogP contribution < -0.4 is 5.73 Å². The predicted octanol–water partition coefficient (Wildman–Crippen LogP) is 22.9. The van der Waals surface area contributed by atoms with Crippen molar-refractivity contribution in [2.75, 3.05) is 18.9 Å². The van der Waals surface area contributed by atoms with Gasteiger partial charge in [-0.1, -0.05) is 211 Å². The molecule has 3 N–H and O–H groups in total. The Morgan fingerprint density at radius 2 is 0.892 bits per heavy atom. The van der Waals surface area contributed by atoms with E-state index < -0.39 is 3.25 Å². The molecule has 1 amide bonds. The average molecular weight is 1560 g/mol. The lowest BCUT2D eigenvalue weighted by molar-refractivity contribution is 0.0999. The summed E-state index contributed by atoms with van der Waals surface area (Å²) in [7, 11) is 0. The topological polar surface area (TPSA) is 159 Å². The van der Waals surface area contributed by atoms with E-state index in [2.05, 4.69) is 189 Å². The second kappa shape index (κ2) is 42.5. The molecule has 20 heteroatoms. The molecule has 0 atom stereocenters. The third-order valence-electron chi connectivity index (χ3n) is 13.7. The van der Waals surface area contributed by atoms with Crippen molar-refractivity contribution >= 4 is 130 Å². The van der Waals surface area contributed by atoms with Gasteiger partial charge in [-0.05, 0) is 207 Å². The first-order chi connectivity index (χ1) is 43.4. The summed E-state index contributed by atoms with van der Waals surface area (Å²) in [5, 5.41) is 16.0. The van der Waals surface area contributed by atoms with E-state index in [9.17, 15) is 4.79 Å². The van der Waals surface area contributed by atoms with Crippen molar-refractivity contribution in [2.45, 2.75) is 146 Å². The first-order valence-electron chi connectivity index (χ1n) is 30.2.